The van der Waals surface area contributed by atoms with Gasteiger partial charge >= 0.3 is 6.36 Å². The molecule has 0 spiro atoms. The number of nitrogens with two attached hydrogens (primary N) is 1. The molecule has 4 rings (SSSR count). The summed E-state index contributed by atoms with van der Waals surface area (Å²) in [6.07, 6.45) is -4.76. The molecule has 31 heavy (non-hydrogen) atoms. The van der Waals surface area contributed by atoms with Crippen molar-refractivity contribution in [1.29, 1.82) is 0 Å². The van der Waals surface area contributed by atoms with Crippen molar-refractivity contribution in [2.24, 2.45) is 0 Å². The quantitative estimate of drug-likeness (QED) is 0.684. The molecule has 0 saturated carbocycles. The lowest BCUT2D eigenvalue weighted by Gasteiger charge is -2.34. The van der Waals surface area contributed by atoms with Crippen LogP contribution in [0.3, 0.4) is 0 Å². The van der Waals surface area contributed by atoms with Crippen LogP contribution in [0.15, 0.2) is 48.5 Å². The minimum absolute atomic E-state index is 0.232. The fraction of sp³-hybridized carbons (Fsp3) is 0.286. The number of hydrogen-bond donors (Lipinski definition) is 1. The second kappa shape index (κ2) is 8.38. The van der Waals surface area contributed by atoms with Crippen LogP contribution in [-0.4, -0.2) is 58.2 Å². The number of piperazine rings is 1. The highest BCUT2D eigenvalue weighted by Crippen LogP contribution is 2.23. The third kappa shape index (κ3) is 5.02. The molecule has 10 heteroatoms. The Hall–Kier alpha value is -3.40. The molecule has 162 valence electrons. The normalized spacial score (nSPS) is 15.3. The number of alkyl halides is 3. The Bertz CT molecular complexity index is 1080. The van der Waals surface area contributed by atoms with E-state index in [1.165, 1.54) is 12.1 Å². The number of nitrogen functional groups attached to an aromatic ring is 1. The van der Waals surface area contributed by atoms with Crippen molar-refractivity contribution in [2.75, 3.05) is 31.9 Å². The lowest BCUT2D eigenvalue weighted by Crippen LogP contribution is -2.48. The van der Waals surface area contributed by atoms with E-state index in [-0.39, 0.29) is 11.7 Å². The Kier molecular flexibility index (Phi) is 5.64. The molecule has 2 N–H and O–H groups in total. The van der Waals surface area contributed by atoms with Gasteiger partial charge in [0.05, 0.1) is 12.1 Å². The number of halogens is 3. The van der Waals surface area contributed by atoms with Gasteiger partial charge in [0, 0.05) is 37.1 Å². The average molecular weight is 431 g/mol. The maximum absolute atomic E-state index is 12.7. The third-order valence-corrected chi connectivity index (χ3v) is 5.04. The molecule has 0 radical (unpaired) electrons. The molecular weight excluding hydrogens is 411 g/mol. The first-order chi connectivity index (χ1) is 14.8. The van der Waals surface area contributed by atoms with Crippen LogP contribution in [0, 0.1) is 0 Å². The summed E-state index contributed by atoms with van der Waals surface area (Å²) in [6.45, 7) is 2.74. The summed E-state index contributed by atoms with van der Waals surface area (Å²) in [6, 6.07) is 12.5. The van der Waals surface area contributed by atoms with Gasteiger partial charge in [0.1, 0.15) is 17.4 Å². The second-order valence-electron chi connectivity index (χ2n) is 7.18. The zero-order valence-corrected chi connectivity index (χ0v) is 16.5. The highest BCUT2D eigenvalue weighted by Gasteiger charge is 2.31. The monoisotopic (exact) mass is 431 g/mol. The summed E-state index contributed by atoms with van der Waals surface area (Å²) in [4.78, 5) is 25.4. The number of aromatic nitrogens is 2. The van der Waals surface area contributed by atoms with Gasteiger partial charge in [-0.25, -0.2) is 9.97 Å². The van der Waals surface area contributed by atoms with Crippen molar-refractivity contribution < 1.29 is 22.7 Å². The minimum Gasteiger partial charge on any atom is -0.406 e. The molecule has 1 saturated heterocycles. The molecule has 1 aromatic heterocycles. The standard InChI is InChI=1S/C21H20F3N5O2/c22-21(23,24)31-15-7-5-14(6-8-15)20(30)29-11-9-28(10-12-29)13-18-26-17-4-2-1-3-16(17)19(25)27-18/h1-8H,9-13H2,(H2,25,26,27). The van der Waals surface area contributed by atoms with Gasteiger partial charge in [0.25, 0.3) is 5.91 Å². The van der Waals surface area contributed by atoms with Gasteiger partial charge < -0.3 is 15.4 Å². The smallest absolute Gasteiger partial charge is 0.406 e. The highest BCUT2D eigenvalue weighted by molar-refractivity contribution is 5.94. The third-order valence-electron chi connectivity index (χ3n) is 5.04. The van der Waals surface area contributed by atoms with Gasteiger partial charge in [0.2, 0.25) is 0 Å². The summed E-state index contributed by atoms with van der Waals surface area (Å²) in [5.41, 5.74) is 7.14. The maximum atomic E-state index is 12.7. The Morgan fingerprint density at radius 2 is 1.68 bits per heavy atom. The lowest BCUT2D eigenvalue weighted by atomic mass is 10.1. The first-order valence-electron chi connectivity index (χ1n) is 9.67. The zero-order valence-electron chi connectivity index (χ0n) is 16.5. The number of ether oxygens (including phenoxy) is 1. The number of anilines is 1. The summed E-state index contributed by atoms with van der Waals surface area (Å²) in [5.74, 6) is 0.469. The SMILES string of the molecule is Nc1nc(CN2CCN(C(=O)c3ccc(OC(F)(F)F)cc3)CC2)nc2ccccc12. The summed E-state index contributed by atoms with van der Waals surface area (Å²) < 4.78 is 40.6. The van der Waals surface area contributed by atoms with Crippen LogP contribution in [0.1, 0.15) is 16.2 Å². The molecule has 1 aliphatic heterocycles. The molecule has 0 atom stereocenters. The number of amides is 1. The Morgan fingerprint density at radius 1 is 1.00 bits per heavy atom. The molecule has 0 aliphatic carbocycles. The minimum atomic E-state index is -4.76. The van der Waals surface area contributed by atoms with Crippen molar-refractivity contribution in [3.63, 3.8) is 0 Å². The number of carbonyl (C=O) groups is 1. The number of para-hydroxylation sites is 1. The van der Waals surface area contributed by atoms with Crippen molar-refractivity contribution in [1.82, 2.24) is 19.8 Å². The van der Waals surface area contributed by atoms with Gasteiger partial charge in [-0.05, 0) is 36.4 Å². The number of benzene rings is 2. The Balaban J connectivity index is 1.35. The largest absolute Gasteiger partial charge is 0.573 e. The van der Waals surface area contributed by atoms with Gasteiger partial charge in [-0.15, -0.1) is 13.2 Å². The van der Waals surface area contributed by atoms with E-state index in [0.29, 0.717) is 49.9 Å². The number of nitrogens with zero attached hydrogens (tertiary/aromatic N) is 4. The van der Waals surface area contributed by atoms with E-state index in [0.717, 1.165) is 23.0 Å². The van der Waals surface area contributed by atoms with Crippen LogP contribution in [0.2, 0.25) is 0 Å². The molecule has 1 amide bonds. The average Bonchev–Trinajstić information content (AvgIpc) is 2.73. The number of fused-ring (bicyclic) bond motifs is 1. The molecule has 1 aliphatic rings. The molecule has 7 nitrogen and oxygen atoms in total. The van der Waals surface area contributed by atoms with Gasteiger partial charge in [-0.3, -0.25) is 9.69 Å². The predicted octanol–water partition coefficient (Wildman–Crippen LogP) is 3.07. The summed E-state index contributed by atoms with van der Waals surface area (Å²) in [5, 5.41) is 0.813. The van der Waals surface area contributed by atoms with E-state index in [2.05, 4.69) is 19.6 Å². The van der Waals surface area contributed by atoms with Gasteiger partial charge in [-0.1, -0.05) is 12.1 Å². The van der Waals surface area contributed by atoms with Crippen LogP contribution in [0.5, 0.6) is 5.75 Å². The fourth-order valence-corrected chi connectivity index (χ4v) is 3.51. The van der Waals surface area contributed by atoms with E-state index in [1.54, 1.807) is 4.90 Å². The number of hydrogen-bond acceptors (Lipinski definition) is 6. The first kappa shape index (κ1) is 20.9. The fourth-order valence-electron chi connectivity index (χ4n) is 3.51. The second-order valence-corrected chi connectivity index (χ2v) is 7.18. The van der Waals surface area contributed by atoms with E-state index >= 15 is 0 Å². The van der Waals surface area contributed by atoms with Crippen LogP contribution in [-0.2, 0) is 6.54 Å². The van der Waals surface area contributed by atoms with E-state index in [9.17, 15) is 18.0 Å². The molecule has 2 aromatic carbocycles. The Labute approximate surface area is 176 Å². The summed E-state index contributed by atoms with van der Waals surface area (Å²) in [7, 11) is 0. The lowest BCUT2D eigenvalue weighted by molar-refractivity contribution is -0.274. The van der Waals surface area contributed by atoms with E-state index < -0.39 is 6.36 Å². The maximum Gasteiger partial charge on any atom is 0.573 e. The number of rotatable bonds is 4. The predicted molar refractivity (Wildman–Crippen MR) is 108 cm³/mol. The van der Waals surface area contributed by atoms with Crippen molar-refractivity contribution in [3.05, 3.63) is 59.9 Å². The van der Waals surface area contributed by atoms with Crippen molar-refractivity contribution in [3.8, 4) is 5.75 Å². The summed E-state index contributed by atoms with van der Waals surface area (Å²) >= 11 is 0. The van der Waals surface area contributed by atoms with Gasteiger partial charge in [-0.2, -0.15) is 0 Å². The molecule has 1 fully saturated rings. The van der Waals surface area contributed by atoms with Crippen LogP contribution >= 0.6 is 0 Å². The van der Waals surface area contributed by atoms with Crippen molar-refractivity contribution in [2.45, 2.75) is 12.9 Å². The topological polar surface area (TPSA) is 84.6 Å². The molecule has 2 heterocycles. The number of carbonyl (C=O) groups excluding carboxylic acids is 1. The van der Waals surface area contributed by atoms with Crippen LogP contribution in [0.25, 0.3) is 10.9 Å². The highest BCUT2D eigenvalue weighted by atomic mass is 19.4. The molecule has 0 bridgehead atoms. The van der Waals surface area contributed by atoms with E-state index in [1.807, 2.05) is 24.3 Å². The first-order valence-corrected chi connectivity index (χ1v) is 9.67. The van der Waals surface area contributed by atoms with Crippen molar-refractivity contribution >= 4 is 22.6 Å². The zero-order chi connectivity index (χ0) is 22.0. The van der Waals surface area contributed by atoms with E-state index in [4.69, 9.17) is 5.73 Å². The van der Waals surface area contributed by atoms with Crippen LogP contribution < -0.4 is 10.5 Å². The van der Waals surface area contributed by atoms with Gasteiger partial charge in [0.15, 0.2) is 0 Å². The molecular formula is C21H20F3N5O2. The molecule has 0 unspecified atom stereocenters. The molecule has 3 aromatic rings. The van der Waals surface area contributed by atoms with Crippen LogP contribution in [0.4, 0.5) is 19.0 Å². The Morgan fingerprint density at radius 3 is 2.35 bits per heavy atom.